The molecule has 0 amide bonds. The Labute approximate surface area is 132 Å². The van der Waals surface area contributed by atoms with Gasteiger partial charge in [0.2, 0.25) is 0 Å². The minimum Gasteiger partial charge on any atom is -0.379 e. The van der Waals surface area contributed by atoms with Crippen molar-refractivity contribution in [3.05, 3.63) is 0 Å². The third-order valence-electron chi connectivity index (χ3n) is 5.08. The molecular weight excluding hydrogens is 260 g/mol. The summed E-state index contributed by atoms with van der Waals surface area (Å²) in [6.07, 6.45) is 20.8. The zero-order valence-electron chi connectivity index (χ0n) is 14.0. The highest BCUT2D eigenvalue weighted by atomic mass is 16.6. The number of unbranched alkanes of at least 4 members (excludes halogenated alkanes) is 7. The van der Waals surface area contributed by atoms with Gasteiger partial charge in [-0.1, -0.05) is 83.5 Å². The van der Waals surface area contributed by atoms with E-state index in [0.29, 0.717) is 6.10 Å². The number of rotatable bonds is 13. The number of hydrogen-bond donors (Lipinski definition) is 0. The lowest BCUT2D eigenvalue weighted by molar-refractivity contribution is 0.113. The fourth-order valence-corrected chi connectivity index (χ4v) is 3.55. The Morgan fingerprint density at radius 2 is 1.38 bits per heavy atom. The van der Waals surface area contributed by atoms with E-state index >= 15 is 0 Å². The maximum atomic E-state index is 5.55. The van der Waals surface area contributed by atoms with Gasteiger partial charge in [-0.15, -0.1) is 0 Å². The van der Waals surface area contributed by atoms with Gasteiger partial charge >= 0.3 is 0 Å². The van der Waals surface area contributed by atoms with Crippen LogP contribution < -0.4 is 0 Å². The Kier molecular flexibility index (Phi) is 9.45. The molecule has 0 radical (unpaired) electrons. The average Bonchev–Trinajstić information content (AvgIpc) is 3.34. The fourth-order valence-electron chi connectivity index (χ4n) is 3.55. The first-order valence-electron chi connectivity index (χ1n) is 9.64. The topological polar surface area (TPSA) is 21.8 Å². The molecule has 2 heteroatoms. The van der Waals surface area contributed by atoms with E-state index in [9.17, 15) is 0 Å². The second kappa shape index (κ2) is 11.5. The Hall–Kier alpha value is -0.0800. The van der Waals surface area contributed by atoms with Gasteiger partial charge in [-0.25, -0.2) is 0 Å². The van der Waals surface area contributed by atoms with Crippen LogP contribution in [0, 0.1) is 5.92 Å². The summed E-state index contributed by atoms with van der Waals surface area (Å²) in [5.74, 6) is 1.08. The summed E-state index contributed by atoms with van der Waals surface area (Å²) in [6, 6.07) is 0. The van der Waals surface area contributed by atoms with Crippen molar-refractivity contribution in [3.63, 3.8) is 0 Å². The first kappa shape index (κ1) is 17.3. The number of epoxide rings is 1. The van der Waals surface area contributed by atoms with Crippen LogP contribution in [0.5, 0.6) is 0 Å². The van der Waals surface area contributed by atoms with Crippen LogP contribution in [-0.2, 0) is 9.47 Å². The van der Waals surface area contributed by atoms with Gasteiger partial charge in [-0.2, -0.15) is 0 Å². The lowest BCUT2D eigenvalue weighted by atomic mass is 9.85. The van der Waals surface area contributed by atoms with Crippen LogP contribution in [0.15, 0.2) is 0 Å². The molecule has 0 aromatic heterocycles. The zero-order chi connectivity index (χ0) is 14.6. The minimum absolute atomic E-state index is 0.429. The van der Waals surface area contributed by atoms with E-state index in [1.807, 2.05) is 0 Å². The lowest BCUT2D eigenvalue weighted by Gasteiger charge is -2.21. The van der Waals surface area contributed by atoms with Crippen molar-refractivity contribution in [3.8, 4) is 0 Å². The maximum absolute atomic E-state index is 5.55. The molecular formula is C19H36O2. The van der Waals surface area contributed by atoms with Crippen LogP contribution in [0.2, 0.25) is 0 Å². The molecule has 1 unspecified atom stereocenters. The highest BCUT2D eigenvalue weighted by molar-refractivity contribution is 4.67. The van der Waals surface area contributed by atoms with Crippen molar-refractivity contribution < 1.29 is 9.47 Å². The van der Waals surface area contributed by atoms with Crippen LogP contribution in [0.1, 0.15) is 89.9 Å². The molecule has 0 N–H and O–H groups in total. The van der Waals surface area contributed by atoms with Crippen molar-refractivity contribution in [2.24, 2.45) is 5.92 Å². The maximum Gasteiger partial charge on any atom is 0.104 e. The summed E-state index contributed by atoms with van der Waals surface area (Å²) < 4.78 is 10.7. The second-order valence-electron chi connectivity index (χ2n) is 7.15. The highest BCUT2D eigenvalue weighted by Crippen LogP contribution is 2.28. The molecule has 21 heavy (non-hydrogen) atoms. The molecule has 124 valence electrons. The van der Waals surface area contributed by atoms with Gasteiger partial charge in [0.05, 0.1) is 13.2 Å². The monoisotopic (exact) mass is 296 g/mol. The Bertz CT molecular complexity index is 232. The predicted molar refractivity (Wildman–Crippen MR) is 88.7 cm³/mol. The van der Waals surface area contributed by atoms with Gasteiger partial charge in [0, 0.05) is 6.61 Å². The minimum atomic E-state index is 0.429. The molecule has 2 fully saturated rings. The third-order valence-corrected chi connectivity index (χ3v) is 5.08. The molecule has 1 aliphatic heterocycles. The lowest BCUT2D eigenvalue weighted by Crippen LogP contribution is -2.05. The largest absolute Gasteiger partial charge is 0.379 e. The Balaban J connectivity index is 1.23. The van der Waals surface area contributed by atoms with E-state index in [1.165, 1.54) is 89.9 Å². The summed E-state index contributed by atoms with van der Waals surface area (Å²) >= 11 is 0. The van der Waals surface area contributed by atoms with Gasteiger partial charge in [-0.3, -0.25) is 0 Å². The van der Waals surface area contributed by atoms with Crippen molar-refractivity contribution in [2.75, 3.05) is 19.8 Å². The van der Waals surface area contributed by atoms with Crippen LogP contribution >= 0.6 is 0 Å². The molecule has 1 heterocycles. The molecule has 0 bridgehead atoms. The molecule has 2 rings (SSSR count). The van der Waals surface area contributed by atoms with E-state index in [2.05, 4.69) is 0 Å². The van der Waals surface area contributed by atoms with Crippen molar-refractivity contribution in [2.45, 2.75) is 96.0 Å². The predicted octanol–water partition coefficient (Wildman–Crippen LogP) is 5.49. The van der Waals surface area contributed by atoms with Crippen molar-refractivity contribution >= 4 is 0 Å². The van der Waals surface area contributed by atoms with Crippen LogP contribution in [0.3, 0.4) is 0 Å². The van der Waals surface area contributed by atoms with Gasteiger partial charge < -0.3 is 9.47 Å². The average molecular weight is 296 g/mol. The first-order valence-corrected chi connectivity index (χ1v) is 9.64. The molecule has 0 aromatic carbocycles. The summed E-state index contributed by atoms with van der Waals surface area (Å²) in [5, 5.41) is 0. The fraction of sp³-hybridized carbons (Fsp3) is 1.00. The normalized spacial score (nSPS) is 22.6. The van der Waals surface area contributed by atoms with Crippen molar-refractivity contribution in [1.82, 2.24) is 0 Å². The first-order chi connectivity index (χ1) is 10.4. The summed E-state index contributed by atoms with van der Waals surface area (Å²) in [5.41, 5.74) is 0. The number of hydrogen-bond acceptors (Lipinski definition) is 2. The molecule has 1 aliphatic carbocycles. The van der Waals surface area contributed by atoms with Gasteiger partial charge in [0.1, 0.15) is 6.10 Å². The SMILES string of the molecule is C(CCCCCC1CCCCC1)CCCCOCC1CO1. The van der Waals surface area contributed by atoms with Crippen molar-refractivity contribution in [1.29, 1.82) is 0 Å². The van der Waals surface area contributed by atoms with E-state index in [-0.39, 0.29) is 0 Å². The molecule has 1 atom stereocenters. The van der Waals surface area contributed by atoms with E-state index in [4.69, 9.17) is 9.47 Å². The Morgan fingerprint density at radius 3 is 2.05 bits per heavy atom. The van der Waals surface area contributed by atoms with E-state index in [0.717, 1.165) is 25.7 Å². The van der Waals surface area contributed by atoms with Gasteiger partial charge in [0.15, 0.2) is 0 Å². The second-order valence-corrected chi connectivity index (χ2v) is 7.15. The molecule has 0 spiro atoms. The number of ether oxygens (including phenoxy) is 2. The van der Waals surface area contributed by atoms with E-state index < -0.39 is 0 Å². The smallest absolute Gasteiger partial charge is 0.104 e. The summed E-state index contributed by atoms with van der Waals surface area (Å²) in [4.78, 5) is 0. The third kappa shape index (κ3) is 9.52. The zero-order valence-corrected chi connectivity index (χ0v) is 14.0. The van der Waals surface area contributed by atoms with Gasteiger partial charge in [-0.05, 0) is 12.3 Å². The van der Waals surface area contributed by atoms with E-state index in [1.54, 1.807) is 0 Å². The Morgan fingerprint density at radius 1 is 0.762 bits per heavy atom. The summed E-state index contributed by atoms with van der Waals surface area (Å²) in [7, 11) is 0. The molecule has 1 saturated heterocycles. The molecule has 2 aliphatic rings. The standard InChI is InChI=1S/C19H36O2/c1(2-4-6-11-15-20-16-19-17-21-19)3-5-8-12-18-13-9-7-10-14-18/h18-19H,1-17H2. The van der Waals surface area contributed by atoms with Gasteiger partial charge in [0.25, 0.3) is 0 Å². The molecule has 2 nitrogen and oxygen atoms in total. The van der Waals surface area contributed by atoms with Crippen LogP contribution in [0.25, 0.3) is 0 Å². The van der Waals surface area contributed by atoms with Crippen LogP contribution in [-0.4, -0.2) is 25.9 Å². The highest BCUT2D eigenvalue weighted by Gasteiger charge is 2.21. The van der Waals surface area contributed by atoms with Crippen LogP contribution in [0.4, 0.5) is 0 Å². The molecule has 0 aromatic rings. The molecule has 1 saturated carbocycles. The quantitative estimate of drug-likeness (QED) is 0.331. The summed E-state index contributed by atoms with van der Waals surface area (Å²) in [6.45, 7) is 2.67.